The lowest BCUT2D eigenvalue weighted by molar-refractivity contribution is -0.119. The van der Waals surface area contributed by atoms with Gasteiger partial charge in [-0.25, -0.2) is 8.42 Å². The molecule has 0 N–H and O–H groups in total. The molecule has 1 aliphatic heterocycles. The van der Waals surface area contributed by atoms with Crippen LogP contribution in [-0.2, 0) is 21.1 Å². The molecule has 1 atom stereocenters. The highest BCUT2D eigenvalue weighted by Crippen LogP contribution is 2.25. The molecule has 19 heavy (non-hydrogen) atoms. The predicted octanol–water partition coefficient (Wildman–Crippen LogP) is 2.93. The van der Waals surface area contributed by atoms with Crippen molar-refractivity contribution in [3.05, 3.63) is 33.8 Å². The molecule has 0 amide bonds. The van der Waals surface area contributed by atoms with Gasteiger partial charge in [0, 0.05) is 22.9 Å². The van der Waals surface area contributed by atoms with Gasteiger partial charge in [0.1, 0.15) is 5.78 Å². The zero-order chi connectivity index (χ0) is 14.0. The van der Waals surface area contributed by atoms with Gasteiger partial charge in [0.2, 0.25) is 0 Å². The Bertz CT molecular complexity index is 596. The Balaban J connectivity index is 1.95. The van der Waals surface area contributed by atoms with E-state index in [0.717, 1.165) is 5.56 Å². The molecule has 1 aromatic carbocycles. The number of ketones is 1. The minimum atomic E-state index is -2.92. The molecule has 0 spiro atoms. The van der Waals surface area contributed by atoms with Crippen LogP contribution in [0.5, 0.6) is 0 Å². The molecule has 2 rings (SSSR count). The average molecular weight is 321 g/mol. The molecule has 1 aromatic rings. The second-order valence-corrected chi connectivity index (χ2v) is 8.00. The van der Waals surface area contributed by atoms with E-state index in [9.17, 15) is 13.2 Å². The van der Waals surface area contributed by atoms with Crippen molar-refractivity contribution in [3.63, 3.8) is 0 Å². The van der Waals surface area contributed by atoms with Gasteiger partial charge in [0.15, 0.2) is 9.84 Å². The molecule has 1 unspecified atom stereocenters. The minimum Gasteiger partial charge on any atom is -0.299 e. The van der Waals surface area contributed by atoms with E-state index >= 15 is 0 Å². The molecule has 1 fully saturated rings. The number of hydrogen-bond donors (Lipinski definition) is 0. The maximum atomic E-state index is 11.9. The molecule has 0 bridgehead atoms. The molecule has 0 aromatic heterocycles. The summed E-state index contributed by atoms with van der Waals surface area (Å²) in [5.41, 5.74) is 0.733. The average Bonchev–Trinajstić information content (AvgIpc) is 2.62. The van der Waals surface area contributed by atoms with Crippen LogP contribution in [0.2, 0.25) is 10.0 Å². The van der Waals surface area contributed by atoms with Crippen LogP contribution in [0.3, 0.4) is 0 Å². The highest BCUT2D eigenvalue weighted by atomic mass is 35.5. The molecule has 1 aliphatic rings. The summed E-state index contributed by atoms with van der Waals surface area (Å²) in [6.07, 6.45) is 1.12. The van der Waals surface area contributed by atoms with Crippen LogP contribution in [0.1, 0.15) is 18.4 Å². The van der Waals surface area contributed by atoms with Crippen LogP contribution in [0.4, 0.5) is 0 Å². The van der Waals surface area contributed by atoms with Crippen LogP contribution in [-0.4, -0.2) is 25.7 Å². The second-order valence-electron chi connectivity index (χ2n) is 4.92. The van der Waals surface area contributed by atoms with Gasteiger partial charge in [-0.15, -0.1) is 0 Å². The molecular formula is C13H14Cl2O3S. The lowest BCUT2D eigenvalue weighted by Crippen LogP contribution is -2.12. The van der Waals surface area contributed by atoms with E-state index in [1.807, 2.05) is 0 Å². The quantitative estimate of drug-likeness (QED) is 0.857. The zero-order valence-electron chi connectivity index (χ0n) is 10.2. The van der Waals surface area contributed by atoms with Gasteiger partial charge in [-0.05, 0) is 30.0 Å². The van der Waals surface area contributed by atoms with Gasteiger partial charge in [-0.2, -0.15) is 0 Å². The van der Waals surface area contributed by atoms with Gasteiger partial charge in [0.05, 0.1) is 11.5 Å². The molecule has 1 heterocycles. The SMILES string of the molecule is O=C(Cc1ccc(Cl)cc1Cl)CC1CCS(=O)(=O)C1. The third-order valence-electron chi connectivity index (χ3n) is 3.25. The molecule has 0 aliphatic carbocycles. The lowest BCUT2D eigenvalue weighted by Gasteiger charge is -2.08. The number of rotatable bonds is 4. The highest BCUT2D eigenvalue weighted by molar-refractivity contribution is 7.91. The van der Waals surface area contributed by atoms with Crippen molar-refractivity contribution in [1.82, 2.24) is 0 Å². The van der Waals surface area contributed by atoms with Crippen LogP contribution in [0.15, 0.2) is 18.2 Å². The van der Waals surface area contributed by atoms with Crippen molar-refractivity contribution in [3.8, 4) is 0 Å². The van der Waals surface area contributed by atoms with Gasteiger partial charge in [0.25, 0.3) is 0 Å². The summed E-state index contributed by atoms with van der Waals surface area (Å²) in [4.78, 5) is 11.9. The van der Waals surface area contributed by atoms with Crippen molar-refractivity contribution >= 4 is 38.8 Å². The number of sulfone groups is 1. The first kappa shape index (κ1) is 14.8. The Morgan fingerprint density at radius 3 is 2.63 bits per heavy atom. The first-order chi connectivity index (χ1) is 8.85. The fourth-order valence-electron chi connectivity index (χ4n) is 2.30. The summed E-state index contributed by atoms with van der Waals surface area (Å²) in [6.45, 7) is 0. The predicted molar refractivity (Wildman–Crippen MR) is 76.6 cm³/mol. The van der Waals surface area contributed by atoms with Gasteiger partial charge in [-0.1, -0.05) is 29.3 Å². The topological polar surface area (TPSA) is 51.2 Å². The van der Waals surface area contributed by atoms with Gasteiger partial charge < -0.3 is 0 Å². The number of carbonyl (C=O) groups excluding carboxylic acids is 1. The fourth-order valence-corrected chi connectivity index (χ4v) is 4.64. The molecular weight excluding hydrogens is 307 g/mol. The van der Waals surface area contributed by atoms with Crippen molar-refractivity contribution < 1.29 is 13.2 Å². The summed E-state index contributed by atoms with van der Waals surface area (Å²) in [5.74, 6) is 0.314. The summed E-state index contributed by atoms with van der Waals surface area (Å²) in [7, 11) is -2.92. The van der Waals surface area contributed by atoms with E-state index in [0.29, 0.717) is 22.9 Å². The van der Waals surface area contributed by atoms with Crippen LogP contribution in [0.25, 0.3) is 0 Å². The maximum Gasteiger partial charge on any atom is 0.150 e. The number of Topliss-reactive ketones (excluding diaryl/α,β-unsaturated/α-hetero) is 1. The minimum absolute atomic E-state index is 0.0197. The Kier molecular flexibility index (Phi) is 4.54. The molecule has 104 valence electrons. The molecule has 1 saturated heterocycles. The Morgan fingerprint density at radius 1 is 1.32 bits per heavy atom. The van der Waals surface area contributed by atoms with Crippen LogP contribution in [0, 0.1) is 5.92 Å². The summed E-state index contributed by atoms with van der Waals surface area (Å²) in [5, 5.41) is 1.00. The van der Waals surface area contributed by atoms with E-state index in [1.165, 1.54) is 0 Å². The van der Waals surface area contributed by atoms with E-state index in [-0.39, 0.29) is 29.6 Å². The van der Waals surface area contributed by atoms with Gasteiger partial charge >= 0.3 is 0 Å². The van der Waals surface area contributed by atoms with E-state index in [1.54, 1.807) is 18.2 Å². The van der Waals surface area contributed by atoms with Crippen molar-refractivity contribution in [2.45, 2.75) is 19.3 Å². The third kappa shape index (κ3) is 4.20. The molecule has 3 nitrogen and oxygen atoms in total. The van der Waals surface area contributed by atoms with E-state index in [2.05, 4.69) is 0 Å². The Labute approximate surface area is 122 Å². The van der Waals surface area contributed by atoms with Crippen molar-refractivity contribution in [2.75, 3.05) is 11.5 Å². The number of halogens is 2. The summed E-state index contributed by atoms with van der Waals surface area (Å²) >= 11 is 11.8. The summed E-state index contributed by atoms with van der Waals surface area (Å²) < 4.78 is 22.7. The smallest absolute Gasteiger partial charge is 0.150 e. The van der Waals surface area contributed by atoms with Crippen LogP contribution < -0.4 is 0 Å². The van der Waals surface area contributed by atoms with Gasteiger partial charge in [-0.3, -0.25) is 4.79 Å². The Morgan fingerprint density at radius 2 is 2.05 bits per heavy atom. The lowest BCUT2D eigenvalue weighted by atomic mass is 9.98. The standard InChI is InChI=1S/C13H14Cl2O3S/c14-11-2-1-10(13(15)7-11)6-12(16)5-9-3-4-19(17,18)8-9/h1-2,7,9H,3-6,8H2. The third-order valence-corrected chi connectivity index (χ3v) is 5.67. The fraction of sp³-hybridized carbons (Fsp3) is 0.462. The zero-order valence-corrected chi connectivity index (χ0v) is 12.6. The first-order valence-corrected chi connectivity index (χ1v) is 8.59. The Hall–Kier alpha value is -0.580. The maximum absolute atomic E-state index is 11.9. The normalized spacial score (nSPS) is 21.5. The highest BCUT2D eigenvalue weighted by Gasteiger charge is 2.29. The first-order valence-electron chi connectivity index (χ1n) is 6.02. The van der Waals surface area contributed by atoms with Crippen LogP contribution >= 0.6 is 23.2 Å². The van der Waals surface area contributed by atoms with Crippen molar-refractivity contribution in [2.24, 2.45) is 5.92 Å². The largest absolute Gasteiger partial charge is 0.299 e. The molecule has 0 radical (unpaired) electrons. The molecule has 6 heteroatoms. The number of carbonyl (C=O) groups is 1. The molecule has 0 saturated carbocycles. The second kappa shape index (κ2) is 5.81. The monoisotopic (exact) mass is 320 g/mol. The number of benzene rings is 1. The van der Waals surface area contributed by atoms with Crippen molar-refractivity contribution in [1.29, 1.82) is 0 Å². The van der Waals surface area contributed by atoms with E-state index in [4.69, 9.17) is 23.2 Å². The summed E-state index contributed by atoms with van der Waals surface area (Å²) in [6, 6.07) is 5.02. The van der Waals surface area contributed by atoms with E-state index < -0.39 is 9.84 Å². The number of hydrogen-bond acceptors (Lipinski definition) is 3.